The molecule has 2 aromatic carbocycles. The molecule has 0 radical (unpaired) electrons. The van der Waals surface area contributed by atoms with Gasteiger partial charge in [-0.3, -0.25) is 0 Å². The van der Waals surface area contributed by atoms with Crippen molar-refractivity contribution in [3.05, 3.63) is 71.8 Å². The fraction of sp³-hybridized carbons (Fsp3) is 0.143. The number of hydrogen-bond donors (Lipinski definition) is 0. The Hall–Kier alpha value is -0.411. The van der Waals surface area contributed by atoms with Gasteiger partial charge in [0, 0.05) is 0 Å². The second-order valence-electron chi connectivity index (χ2n) is 3.57. The molecule has 0 amide bonds. The summed E-state index contributed by atoms with van der Waals surface area (Å²) in [7, 11) is 0. The van der Waals surface area contributed by atoms with Crippen LogP contribution in [0.4, 0.5) is 0 Å². The topological polar surface area (TPSA) is 0 Å². The van der Waals surface area contributed by atoms with E-state index in [0.29, 0.717) is 0 Å². The van der Waals surface area contributed by atoms with E-state index in [9.17, 15) is 0 Å². The summed E-state index contributed by atoms with van der Waals surface area (Å²) in [6.45, 7) is 0. The van der Waals surface area contributed by atoms with Crippen molar-refractivity contribution >= 4 is 34.6 Å². The Morgan fingerprint density at radius 1 is 0.625 bits per heavy atom. The average molecular weight is 333 g/mol. The van der Waals surface area contributed by atoms with E-state index in [1.165, 1.54) is 20.0 Å². The van der Waals surface area contributed by atoms with Gasteiger partial charge < -0.3 is 13.5 Å². The molecule has 0 bridgehead atoms. The fourth-order valence-corrected chi connectivity index (χ4v) is 4.89. The van der Waals surface area contributed by atoms with Crippen molar-refractivity contribution in [2.45, 2.75) is 8.87 Å². The van der Waals surface area contributed by atoms with E-state index >= 15 is 0 Å². The third-order valence-corrected chi connectivity index (χ3v) is 6.10. The molecule has 0 spiro atoms. The second-order valence-corrected chi connectivity index (χ2v) is 7.02. The van der Waals surface area contributed by atoms with E-state index in [4.69, 9.17) is 0 Å². The Kier molecular flexibility index (Phi) is 6.65. The molecule has 0 unspecified atom stereocenters. The Morgan fingerprint density at radius 3 is 1.38 bits per heavy atom. The van der Waals surface area contributed by atoms with Gasteiger partial charge in [-0.2, -0.15) is 0 Å². The summed E-state index contributed by atoms with van der Waals surface area (Å²) in [5, 5.41) is 0. The van der Waals surface area contributed by atoms with Crippen molar-refractivity contribution in [1.29, 1.82) is 0 Å². The molecule has 0 fully saturated rings. The van der Waals surface area contributed by atoms with Crippen LogP contribution in [0.2, 0.25) is 0 Å². The molecular formula is C14H14SSn. The molecule has 0 atom stereocenters. The molecule has 0 aliphatic heterocycles. The van der Waals surface area contributed by atoms with Gasteiger partial charge in [0.15, 0.2) is 0 Å². The Bertz CT molecular complexity index is 346. The summed E-state index contributed by atoms with van der Waals surface area (Å²) >= 11 is -0.258. The van der Waals surface area contributed by atoms with Gasteiger partial charge >= 0.3 is 102 Å². The van der Waals surface area contributed by atoms with Crippen LogP contribution in [0.1, 0.15) is 11.1 Å². The van der Waals surface area contributed by atoms with Gasteiger partial charge in [-0.1, -0.05) is 0 Å². The summed E-state index contributed by atoms with van der Waals surface area (Å²) < 4.78 is 2.69. The first-order valence-corrected chi connectivity index (χ1v) is 9.27. The zero-order valence-electron chi connectivity index (χ0n) is 9.10. The summed E-state index contributed by atoms with van der Waals surface area (Å²) in [6, 6.07) is 21.7. The molecule has 0 saturated heterocycles. The van der Waals surface area contributed by atoms with Gasteiger partial charge in [0.1, 0.15) is 0 Å². The SMILES string of the molecule is [S-2].c1ccc([CH2][Sn+2][CH2]c2ccccc2)cc1. The predicted molar refractivity (Wildman–Crippen MR) is 73.4 cm³/mol. The van der Waals surface area contributed by atoms with E-state index in [1.54, 1.807) is 0 Å². The van der Waals surface area contributed by atoms with Crippen LogP contribution in [0.5, 0.6) is 0 Å². The number of hydrogen-bond acceptors (Lipinski definition) is 0. The van der Waals surface area contributed by atoms with Crippen LogP contribution < -0.4 is 0 Å². The third-order valence-electron chi connectivity index (χ3n) is 2.34. The van der Waals surface area contributed by atoms with Crippen molar-refractivity contribution in [2.75, 3.05) is 0 Å². The van der Waals surface area contributed by atoms with Crippen LogP contribution in [0, 0.1) is 0 Å². The predicted octanol–water partition coefficient (Wildman–Crippen LogP) is 3.09. The molecule has 0 N–H and O–H groups in total. The summed E-state index contributed by atoms with van der Waals surface area (Å²) in [6.07, 6.45) is 0. The normalized spacial score (nSPS) is 9.00. The first-order chi connectivity index (χ1) is 7.45. The van der Waals surface area contributed by atoms with E-state index in [1.807, 2.05) is 0 Å². The molecule has 0 aliphatic rings. The van der Waals surface area contributed by atoms with Crippen molar-refractivity contribution in [1.82, 2.24) is 0 Å². The maximum atomic E-state index is 2.24. The Labute approximate surface area is 115 Å². The molecule has 2 aromatic rings. The molecule has 16 heavy (non-hydrogen) atoms. The molecule has 0 saturated carbocycles. The number of benzene rings is 2. The standard InChI is InChI=1S/2C7H7.S.Sn/c2*1-7-5-3-2-4-6-7;;/h2*2-6H,1H2;;/q;;-2;+2. The van der Waals surface area contributed by atoms with Crippen molar-refractivity contribution in [2.24, 2.45) is 0 Å². The van der Waals surface area contributed by atoms with Crippen LogP contribution in [0.15, 0.2) is 60.7 Å². The molecule has 80 valence electrons. The molecule has 2 heteroatoms. The quantitative estimate of drug-likeness (QED) is 0.755. The molecule has 0 nitrogen and oxygen atoms in total. The summed E-state index contributed by atoms with van der Waals surface area (Å²) in [4.78, 5) is 0. The van der Waals surface area contributed by atoms with Crippen LogP contribution in [0.25, 0.3) is 0 Å². The zero-order valence-corrected chi connectivity index (χ0v) is 12.8. The van der Waals surface area contributed by atoms with Gasteiger partial charge in [-0.05, 0) is 0 Å². The van der Waals surface area contributed by atoms with Gasteiger partial charge in [0.25, 0.3) is 0 Å². The number of rotatable bonds is 4. The van der Waals surface area contributed by atoms with Crippen LogP contribution in [-0.2, 0) is 22.4 Å². The van der Waals surface area contributed by atoms with E-state index in [2.05, 4.69) is 60.7 Å². The van der Waals surface area contributed by atoms with Gasteiger partial charge in [-0.25, -0.2) is 0 Å². The van der Waals surface area contributed by atoms with Crippen molar-refractivity contribution in [3.8, 4) is 0 Å². The first kappa shape index (κ1) is 13.7. The monoisotopic (exact) mass is 334 g/mol. The zero-order chi connectivity index (χ0) is 10.3. The molecule has 0 aliphatic carbocycles. The molecule has 0 aromatic heterocycles. The molecule has 2 rings (SSSR count). The van der Waals surface area contributed by atoms with Crippen molar-refractivity contribution in [3.63, 3.8) is 0 Å². The minimum atomic E-state index is -0.258. The van der Waals surface area contributed by atoms with Gasteiger partial charge in [-0.15, -0.1) is 0 Å². The Morgan fingerprint density at radius 2 is 1.00 bits per heavy atom. The van der Waals surface area contributed by atoms with E-state index in [0.717, 1.165) is 0 Å². The van der Waals surface area contributed by atoms with Crippen LogP contribution in [-0.4, -0.2) is 21.1 Å². The van der Waals surface area contributed by atoms with Crippen LogP contribution in [0.3, 0.4) is 0 Å². The maximum absolute atomic E-state index is 2.24. The van der Waals surface area contributed by atoms with E-state index in [-0.39, 0.29) is 34.6 Å². The van der Waals surface area contributed by atoms with E-state index < -0.39 is 0 Å². The van der Waals surface area contributed by atoms with Gasteiger partial charge in [0.05, 0.1) is 0 Å². The Balaban J connectivity index is 0.00000128. The minimum absolute atomic E-state index is 0. The second kappa shape index (κ2) is 7.80. The summed E-state index contributed by atoms with van der Waals surface area (Å²) in [5.41, 5.74) is 3.03. The van der Waals surface area contributed by atoms with Gasteiger partial charge in [0.2, 0.25) is 0 Å². The van der Waals surface area contributed by atoms with Crippen LogP contribution >= 0.6 is 0 Å². The fourth-order valence-electron chi connectivity index (χ4n) is 1.54. The first-order valence-electron chi connectivity index (χ1n) is 5.24. The third kappa shape index (κ3) is 4.62. The molecular weight excluding hydrogens is 319 g/mol. The van der Waals surface area contributed by atoms with Crippen molar-refractivity contribution < 1.29 is 0 Å². The average Bonchev–Trinajstić information content (AvgIpc) is 2.32. The molecule has 0 heterocycles. The summed E-state index contributed by atoms with van der Waals surface area (Å²) in [5.74, 6) is 0.